The van der Waals surface area contributed by atoms with Crippen LogP contribution in [0.5, 0.6) is 0 Å². The van der Waals surface area contributed by atoms with E-state index in [-0.39, 0.29) is 6.42 Å². The lowest BCUT2D eigenvalue weighted by Gasteiger charge is -2.14. The van der Waals surface area contributed by atoms with Crippen LogP contribution in [-0.2, 0) is 14.3 Å². The molecule has 0 bridgehead atoms. The van der Waals surface area contributed by atoms with E-state index in [2.05, 4.69) is 39.8 Å². The average molecular weight is 573 g/mol. The first-order valence-electron chi connectivity index (χ1n) is 18.0. The number of hydrogen-bond donors (Lipinski definition) is 0. The third-order valence-corrected chi connectivity index (χ3v) is 8.66. The van der Waals surface area contributed by atoms with Crippen molar-refractivity contribution in [2.45, 2.75) is 188 Å². The molecule has 0 spiro atoms. The van der Waals surface area contributed by atoms with E-state index in [4.69, 9.17) is 4.74 Å². The summed E-state index contributed by atoms with van der Waals surface area (Å²) in [5, 5.41) is 0. The molecule has 0 aromatic carbocycles. The number of esters is 2. The Morgan fingerprint density at radius 1 is 0.537 bits per heavy atom. The van der Waals surface area contributed by atoms with Crippen LogP contribution in [0.3, 0.4) is 0 Å². The summed E-state index contributed by atoms with van der Waals surface area (Å²) in [6.45, 7) is 9.26. The average Bonchev–Trinajstić information content (AvgIpc) is 3.21. The predicted molar refractivity (Wildman–Crippen MR) is 177 cm³/mol. The van der Waals surface area contributed by atoms with E-state index in [0.29, 0.717) is 0 Å². The normalized spacial score (nSPS) is 17.7. The van der Waals surface area contributed by atoms with Gasteiger partial charge in [-0.05, 0) is 37.5 Å². The summed E-state index contributed by atoms with van der Waals surface area (Å²) in [5.41, 5.74) is -0.874. The molecule has 0 radical (unpaired) electrons. The molecular formula is C38H68O3. The van der Waals surface area contributed by atoms with Gasteiger partial charge in [-0.1, -0.05) is 180 Å². The second-order valence-corrected chi connectivity index (χ2v) is 13.8. The number of carbonyl (C=O) groups excluding carboxylic acids is 2. The molecule has 1 aliphatic heterocycles. The Kier molecular flexibility index (Phi) is 23.1. The van der Waals surface area contributed by atoms with Gasteiger partial charge in [-0.3, -0.25) is 9.59 Å². The fourth-order valence-corrected chi connectivity index (χ4v) is 5.90. The van der Waals surface area contributed by atoms with Gasteiger partial charge >= 0.3 is 11.9 Å². The Bertz CT molecular complexity index is 704. The van der Waals surface area contributed by atoms with Crippen LogP contribution in [0.25, 0.3) is 0 Å². The van der Waals surface area contributed by atoms with Crippen molar-refractivity contribution < 1.29 is 14.3 Å². The number of cyclic esters (lactones) is 2. The van der Waals surface area contributed by atoms with Crippen molar-refractivity contribution in [2.75, 3.05) is 0 Å². The molecule has 1 heterocycles. The molecule has 3 nitrogen and oxygen atoms in total. The van der Waals surface area contributed by atoms with Gasteiger partial charge in [-0.15, -0.1) is 0 Å². The number of carbonyl (C=O) groups is 2. The zero-order chi connectivity index (χ0) is 30.0. The molecule has 1 atom stereocenters. The SMILES string of the molecule is CC(C)CCCCCCCCCCCC=CC1(C=CCCCCCCCCCCCCCC(C)C)CC(=O)OC1=O. The molecule has 0 amide bonds. The van der Waals surface area contributed by atoms with Crippen molar-refractivity contribution in [3.63, 3.8) is 0 Å². The minimum absolute atomic E-state index is 0.147. The van der Waals surface area contributed by atoms with Gasteiger partial charge in [0.2, 0.25) is 0 Å². The lowest BCUT2D eigenvalue weighted by molar-refractivity contribution is -0.153. The first-order valence-corrected chi connectivity index (χ1v) is 18.0. The largest absolute Gasteiger partial charge is 0.392 e. The first kappa shape index (κ1) is 37.6. The van der Waals surface area contributed by atoms with Crippen LogP contribution in [0, 0.1) is 17.3 Å². The quantitative estimate of drug-likeness (QED) is 0.0405. The maximum absolute atomic E-state index is 12.5. The van der Waals surface area contributed by atoms with E-state index in [1.54, 1.807) is 0 Å². The zero-order valence-corrected chi connectivity index (χ0v) is 27.9. The molecule has 0 N–H and O–H groups in total. The van der Waals surface area contributed by atoms with Crippen LogP contribution in [-0.4, -0.2) is 11.9 Å². The zero-order valence-electron chi connectivity index (χ0n) is 27.9. The maximum atomic E-state index is 12.5. The van der Waals surface area contributed by atoms with Crippen LogP contribution in [0.15, 0.2) is 24.3 Å². The van der Waals surface area contributed by atoms with E-state index in [1.165, 1.54) is 128 Å². The Hall–Kier alpha value is -1.38. The van der Waals surface area contributed by atoms with Crippen molar-refractivity contribution in [1.29, 1.82) is 0 Å². The molecule has 1 rings (SSSR count). The van der Waals surface area contributed by atoms with Crippen molar-refractivity contribution in [2.24, 2.45) is 17.3 Å². The Morgan fingerprint density at radius 2 is 0.854 bits per heavy atom. The summed E-state index contributed by atoms with van der Waals surface area (Å²) in [4.78, 5) is 24.4. The van der Waals surface area contributed by atoms with Crippen molar-refractivity contribution in [3.05, 3.63) is 24.3 Å². The molecule has 41 heavy (non-hydrogen) atoms. The van der Waals surface area contributed by atoms with Gasteiger partial charge in [0.25, 0.3) is 0 Å². The van der Waals surface area contributed by atoms with Gasteiger partial charge in [-0.25, -0.2) is 0 Å². The molecule has 1 unspecified atom stereocenters. The van der Waals surface area contributed by atoms with Crippen LogP contribution >= 0.6 is 0 Å². The van der Waals surface area contributed by atoms with Gasteiger partial charge in [-0.2, -0.15) is 0 Å². The number of hydrogen-bond acceptors (Lipinski definition) is 3. The van der Waals surface area contributed by atoms with Crippen LogP contribution < -0.4 is 0 Å². The monoisotopic (exact) mass is 573 g/mol. The fourth-order valence-electron chi connectivity index (χ4n) is 5.90. The molecule has 238 valence electrons. The highest BCUT2D eigenvalue weighted by Gasteiger charge is 2.45. The van der Waals surface area contributed by atoms with Gasteiger partial charge < -0.3 is 4.74 Å². The smallest absolute Gasteiger partial charge is 0.328 e. The first-order chi connectivity index (χ1) is 19.9. The van der Waals surface area contributed by atoms with Gasteiger partial charge in [0.15, 0.2) is 0 Å². The lowest BCUT2D eigenvalue weighted by Crippen LogP contribution is -2.21. The van der Waals surface area contributed by atoms with Crippen LogP contribution in [0.1, 0.15) is 188 Å². The van der Waals surface area contributed by atoms with Crippen LogP contribution in [0.4, 0.5) is 0 Å². The van der Waals surface area contributed by atoms with Gasteiger partial charge in [0, 0.05) is 0 Å². The molecular weight excluding hydrogens is 504 g/mol. The molecule has 1 aliphatic rings. The van der Waals surface area contributed by atoms with Crippen LogP contribution in [0.2, 0.25) is 0 Å². The summed E-state index contributed by atoms with van der Waals surface area (Å²) < 4.78 is 4.94. The molecule has 3 heteroatoms. The second-order valence-electron chi connectivity index (χ2n) is 13.8. The summed E-state index contributed by atoms with van der Waals surface area (Å²) >= 11 is 0. The number of rotatable bonds is 28. The minimum Gasteiger partial charge on any atom is -0.392 e. The minimum atomic E-state index is -0.874. The second kappa shape index (κ2) is 25.1. The highest BCUT2D eigenvalue weighted by molar-refractivity contribution is 6.00. The molecule has 0 aliphatic carbocycles. The molecule has 0 aromatic rings. The number of ether oxygens (including phenoxy) is 1. The fraction of sp³-hybridized carbons (Fsp3) is 0.842. The van der Waals surface area contributed by atoms with E-state index in [9.17, 15) is 9.59 Å². The summed E-state index contributed by atoms with van der Waals surface area (Å²) in [7, 11) is 0. The third kappa shape index (κ3) is 21.0. The summed E-state index contributed by atoms with van der Waals surface area (Å²) in [6.07, 6.45) is 39.6. The number of unbranched alkanes of at least 4 members (excludes halogenated alkanes) is 20. The highest BCUT2D eigenvalue weighted by atomic mass is 16.6. The van der Waals surface area contributed by atoms with E-state index < -0.39 is 17.4 Å². The maximum Gasteiger partial charge on any atom is 0.328 e. The van der Waals surface area contributed by atoms with Crippen molar-refractivity contribution >= 4 is 11.9 Å². The standard InChI is InChI=1S/C38H68O3/c1-34(2)29-25-21-17-13-9-6-5-7-11-15-19-23-27-31-38(33-36(39)41-37(38)40)32-28-24-20-16-12-8-10-14-18-22-26-30-35(3)4/h27-28,31-32,34-35H,5-26,29-30,33H2,1-4H3. The Labute approximate surface area is 255 Å². The highest BCUT2D eigenvalue weighted by Crippen LogP contribution is 2.35. The Morgan fingerprint density at radius 3 is 1.15 bits per heavy atom. The Balaban J connectivity index is 2.10. The summed E-state index contributed by atoms with van der Waals surface area (Å²) in [5.74, 6) is 0.894. The van der Waals surface area contributed by atoms with Crippen molar-refractivity contribution in [3.8, 4) is 0 Å². The third-order valence-electron chi connectivity index (χ3n) is 8.66. The van der Waals surface area contributed by atoms with E-state index in [0.717, 1.165) is 37.5 Å². The van der Waals surface area contributed by atoms with Crippen molar-refractivity contribution in [1.82, 2.24) is 0 Å². The predicted octanol–water partition coefficient (Wildman–Crippen LogP) is 12.2. The number of allylic oxidation sites excluding steroid dienone is 2. The lowest BCUT2D eigenvalue weighted by atomic mass is 9.84. The van der Waals surface area contributed by atoms with E-state index >= 15 is 0 Å². The molecule has 0 aromatic heterocycles. The molecule has 1 fully saturated rings. The van der Waals surface area contributed by atoms with Gasteiger partial charge in [0.1, 0.15) is 5.41 Å². The topological polar surface area (TPSA) is 43.4 Å². The molecule has 1 saturated heterocycles. The summed E-state index contributed by atoms with van der Waals surface area (Å²) in [6, 6.07) is 0. The van der Waals surface area contributed by atoms with Gasteiger partial charge in [0.05, 0.1) is 6.42 Å². The van der Waals surface area contributed by atoms with E-state index in [1.807, 2.05) is 12.2 Å². The molecule has 0 saturated carbocycles.